The van der Waals surface area contributed by atoms with Gasteiger partial charge >= 0.3 is 6.09 Å². The normalized spacial score (nSPS) is 13.1. The molecule has 0 saturated carbocycles. The summed E-state index contributed by atoms with van der Waals surface area (Å²) < 4.78 is 20.7. The van der Waals surface area contributed by atoms with Gasteiger partial charge in [0, 0.05) is 42.7 Å². The first-order chi connectivity index (χ1) is 28.0. The molecule has 0 radical (unpaired) electrons. The number of halogens is 2. The van der Waals surface area contributed by atoms with E-state index in [9.17, 15) is 9.59 Å². The quantitative estimate of drug-likeness (QED) is 0.153. The summed E-state index contributed by atoms with van der Waals surface area (Å²) in [7, 11) is 0. The third kappa shape index (κ3) is 12.6. The first kappa shape index (κ1) is 47.2. The average molecular weight is 1000 g/mol. The van der Waals surface area contributed by atoms with Crippen molar-refractivity contribution in [3.63, 3.8) is 0 Å². The summed E-state index contributed by atoms with van der Waals surface area (Å²) in [6.45, 7) is 23.6. The van der Waals surface area contributed by atoms with Crippen molar-refractivity contribution in [2.24, 2.45) is 11.1 Å². The second-order valence-electron chi connectivity index (χ2n) is 16.9. The topological polar surface area (TPSA) is 168 Å². The van der Waals surface area contributed by atoms with E-state index in [1.165, 1.54) is 23.1 Å². The van der Waals surface area contributed by atoms with Gasteiger partial charge in [-0.15, -0.1) is 39.5 Å². The minimum Gasteiger partial charge on any atom is -0.492 e. The van der Waals surface area contributed by atoms with Crippen molar-refractivity contribution in [1.82, 2.24) is 30.0 Å². The van der Waals surface area contributed by atoms with Crippen LogP contribution in [0.25, 0.3) is 33.3 Å². The second-order valence-corrected chi connectivity index (χ2v) is 21.8. The summed E-state index contributed by atoms with van der Waals surface area (Å²) >= 11 is 11.3. The minimum absolute atomic E-state index is 0.183. The van der Waals surface area contributed by atoms with Crippen molar-refractivity contribution >= 4 is 84.2 Å². The molecule has 0 spiro atoms. The van der Waals surface area contributed by atoms with Gasteiger partial charge < -0.3 is 25.3 Å². The summed E-state index contributed by atoms with van der Waals surface area (Å²) in [5, 5.41) is 11.7. The Balaban J connectivity index is 0.000000211. The number of carbonyl (C=O) groups excluding carboxylic acids is 2. The Labute approximate surface area is 381 Å². The average Bonchev–Trinajstić information content (AvgIpc) is 3.83. The Hall–Kier alpha value is -3.81. The van der Waals surface area contributed by atoms with E-state index >= 15 is 0 Å². The maximum atomic E-state index is 12.2. The van der Waals surface area contributed by atoms with Crippen molar-refractivity contribution in [3.05, 3.63) is 71.7 Å². The van der Waals surface area contributed by atoms with Gasteiger partial charge in [0.05, 0.1) is 35.2 Å². The maximum absolute atomic E-state index is 12.2. The number of benzene rings is 2. The number of thioether (sulfide) groups is 1. The highest BCUT2D eigenvalue weighted by molar-refractivity contribution is 9.10. The summed E-state index contributed by atoms with van der Waals surface area (Å²) in [6, 6.07) is 11.8. The van der Waals surface area contributed by atoms with Crippen LogP contribution in [0, 0.1) is 5.41 Å². The molecule has 4 N–H and O–H groups in total. The summed E-state index contributed by atoms with van der Waals surface area (Å²) in [5.41, 5.74) is 8.26. The van der Waals surface area contributed by atoms with Crippen molar-refractivity contribution in [2.75, 3.05) is 31.3 Å². The molecule has 0 atom stereocenters. The fourth-order valence-electron chi connectivity index (χ4n) is 5.38. The van der Waals surface area contributed by atoms with Crippen LogP contribution in [0.3, 0.4) is 0 Å². The third-order valence-corrected chi connectivity index (χ3v) is 12.1. The lowest BCUT2D eigenvalue weighted by Gasteiger charge is -2.20. The molecule has 2 aliphatic rings. The largest absolute Gasteiger partial charge is 0.492 e. The molecule has 2 aromatic carbocycles. The molecule has 60 heavy (non-hydrogen) atoms. The zero-order valence-electron chi connectivity index (χ0n) is 35.5. The molecule has 2 aliphatic heterocycles. The summed E-state index contributed by atoms with van der Waals surface area (Å²) in [4.78, 5) is 40.7. The fourth-order valence-corrected chi connectivity index (χ4v) is 8.24. The highest BCUT2D eigenvalue weighted by Crippen LogP contribution is 2.42. The predicted octanol–water partition coefficient (Wildman–Crippen LogP) is 10.9. The SMILES string of the molecule is C=C(NC(=O)c1nc2c(s1)CCOc1cc(Br)ccc1-2)SC.CC(C)(C)CN.CC(C)(C)OC(=O)Nc1nc(-c2nc3c(s2)CCOc2cc(Br)ccc2-3)n(C(C)(C)C)n1. The molecule has 0 fully saturated rings. The van der Waals surface area contributed by atoms with Crippen LogP contribution in [0.5, 0.6) is 11.5 Å². The monoisotopic (exact) mass is 1000 g/mol. The number of nitrogens with two attached hydrogens (primary N) is 1. The van der Waals surface area contributed by atoms with Gasteiger partial charge in [-0.25, -0.2) is 19.4 Å². The molecule has 0 unspecified atom stereocenters. The Bertz CT molecular complexity index is 2360. The van der Waals surface area contributed by atoms with Crippen molar-refractivity contribution in [2.45, 2.75) is 86.3 Å². The van der Waals surface area contributed by atoms with E-state index in [2.05, 4.69) is 84.9 Å². The van der Waals surface area contributed by atoms with Crippen LogP contribution in [0.1, 0.15) is 81.9 Å². The lowest BCUT2D eigenvalue weighted by Crippen LogP contribution is -2.28. The number of ether oxygens (including phenoxy) is 3. The highest BCUT2D eigenvalue weighted by Gasteiger charge is 2.29. The van der Waals surface area contributed by atoms with Crippen LogP contribution in [0.4, 0.5) is 10.7 Å². The van der Waals surface area contributed by atoms with E-state index in [1.807, 2.05) is 84.2 Å². The number of anilines is 1. The van der Waals surface area contributed by atoms with E-state index in [-0.39, 0.29) is 17.4 Å². The standard InChI is InChI=1S/C22H26BrN5O3S.C15H13BrN2O2S2.C5H13N/c1-21(2,3)28-17(25-19(27-28)26-20(29)31-22(4,5)6)18-24-16-13-8-7-12(23)11-14(13)30-10-9-15(16)32-18;1-8(21-2)17-14(19)15-18-13-10-4-3-9(16)7-11(10)20-6-5-12(13)22-15;1-5(2,3)4-6/h7-8,11H,9-10H2,1-6H3,(H,26,27,29);3-4,7H,1,5-6H2,2H3,(H,17,19);4,6H2,1-3H3. The number of fused-ring (bicyclic) bond motifs is 6. The molecular formula is C42H52Br2N8O5S3. The zero-order valence-corrected chi connectivity index (χ0v) is 41.2. The number of nitrogens with zero attached hydrogens (tertiary/aromatic N) is 5. The number of amides is 2. The number of carbonyl (C=O) groups is 2. The predicted molar refractivity (Wildman–Crippen MR) is 251 cm³/mol. The maximum Gasteiger partial charge on any atom is 0.414 e. The molecule has 7 rings (SSSR count). The molecule has 3 aromatic heterocycles. The van der Waals surface area contributed by atoms with Crippen LogP contribution < -0.4 is 25.8 Å². The Morgan fingerprint density at radius 3 is 1.92 bits per heavy atom. The van der Waals surface area contributed by atoms with Crippen LogP contribution in [-0.4, -0.2) is 68.3 Å². The minimum atomic E-state index is -0.614. The Morgan fingerprint density at radius 1 is 0.883 bits per heavy atom. The van der Waals surface area contributed by atoms with Crippen molar-refractivity contribution in [3.8, 4) is 44.8 Å². The molecule has 0 aliphatic carbocycles. The van der Waals surface area contributed by atoms with Gasteiger partial charge in [-0.05, 0) is 96.2 Å². The van der Waals surface area contributed by atoms with Gasteiger partial charge in [0.15, 0.2) is 15.8 Å². The highest BCUT2D eigenvalue weighted by atomic mass is 79.9. The number of hydrogen-bond acceptors (Lipinski definition) is 13. The molecule has 2 amide bonds. The van der Waals surface area contributed by atoms with E-state index in [1.54, 1.807) is 16.0 Å². The Kier molecular flexibility index (Phi) is 15.3. The molecule has 0 bridgehead atoms. The second kappa shape index (κ2) is 19.5. The van der Waals surface area contributed by atoms with Crippen LogP contribution in [0.2, 0.25) is 0 Å². The molecule has 322 valence electrons. The molecule has 18 heteroatoms. The number of rotatable bonds is 5. The van der Waals surface area contributed by atoms with Crippen LogP contribution in [0.15, 0.2) is 57.0 Å². The molecular weight excluding hydrogens is 953 g/mol. The lowest BCUT2D eigenvalue weighted by atomic mass is 9.98. The van der Waals surface area contributed by atoms with Gasteiger partial charge in [-0.3, -0.25) is 10.1 Å². The number of hydrogen-bond donors (Lipinski definition) is 3. The van der Waals surface area contributed by atoms with Gasteiger partial charge in [-0.2, -0.15) is 4.98 Å². The van der Waals surface area contributed by atoms with Crippen molar-refractivity contribution < 1.29 is 23.8 Å². The van der Waals surface area contributed by atoms with Gasteiger partial charge in [0.1, 0.15) is 17.1 Å². The third-order valence-electron chi connectivity index (χ3n) is 8.32. The summed E-state index contributed by atoms with van der Waals surface area (Å²) in [5.74, 6) is 2.17. The van der Waals surface area contributed by atoms with E-state index < -0.39 is 11.7 Å². The van der Waals surface area contributed by atoms with Crippen LogP contribution in [-0.2, 0) is 23.1 Å². The summed E-state index contributed by atoms with van der Waals surface area (Å²) in [6.07, 6.45) is 2.77. The van der Waals surface area contributed by atoms with E-state index in [0.717, 1.165) is 77.1 Å². The van der Waals surface area contributed by atoms with E-state index in [0.29, 0.717) is 34.5 Å². The van der Waals surface area contributed by atoms with Gasteiger partial charge in [0.2, 0.25) is 0 Å². The van der Waals surface area contributed by atoms with Crippen molar-refractivity contribution in [1.29, 1.82) is 0 Å². The molecule has 5 aromatic rings. The van der Waals surface area contributed by atoms with Gasteiger partial charge in [0.25, 0.3) is 11.9 Å². The Morgan fingerprint density at radius 2 is 1.42 bits per heavy atom. The van der Waals surface area contributed by atoms with E-state index in [4.69, 9.17) is 24.9 Å². The van der Waals surface area contributed by atoms with Gasteiger partial charge in [-0.1, -0.05) is 59.2 Å². The van der Waals surface area contributed by atoms with Crippen LogP contribution >= 0.6 is 66.3 Å². The first-order valence-corrected chi connectivity index (χ1v) is 23.6. The molecule has 5 heterocycles. The number of aromatic nitrogens is 5. The number of nitrogens with one attached hydrogen (secondary N) is 2. The smallest absolute Gasteiger partial charge is 0.414 e. The lowest BCUT2D eigenvalue weighted by molar-refractivity contribution is 0.0634. The molecule has 0 saturated heterocycles. The zero-order chi connectivity index (χ0) is 44.2. The first-order valence-electron chi connectivity index (χ1n) is 19.1. The number of thiazole rings is 2. The molecule has 13 nitrogen and oxygen atoms in total. The fraction of sp³-hybridized carbons (Fsp3) is 0.429.